The summed E-state index contributed by atoms with van der Waals surface area (Å²) in [6.07, 6.45) is 1.35. The lowest BCUT2D eigenvalue weighted by molar-refractivity contribution is 0.339. The third kappa shape index (κ3) is 6.12. The number of rotatable bonds is 10. The summed E-state index contributed by atoms with van der Waals surface area (Å²) < 4.78 is 31.5. The summed E-state index contributed by atoms with van der Waals surface area (Å²) in [6.45, 7) is 5.71. The Morgan fingerprint density at radius 2 is 1.94 bits per heavy atom. The van der Waals surface area contributed by atoms with Crippen LogP contribution in [-0.2, 0) is 9.84 Å². The SMILES string of the molecule is CCOc1cccc(S(=O)(=O)c2cnc(Nc3cc(NCCN(C)C)nc(C)n3)s2)c1. The lowest BCUT2D eigenvalue weighted by atomic mass is 10.3. The second-order valence-electron chi connectivity index (χ2n) is 6.94. The highest BCUT2D eigenvalue weighted by Gasteiger charge is 2.22. The molecule has 0 atom stereocenters. The molecule has 0 amide bonds. The Labute approximate surface area is 186 Å². The molecule has 0 fully saturated rings. The first-order valence-corrected chi connectivity index (χ1v) is 12.0. The summed E-state index contributed by atoms with van der Waals surface area (Å²) >= 11 is 1.04. The van der Waals surface area contributed by atoms with Crippen molar-refractivity contribution in [2.75, 3.05) is 44.4 Å². The maximum absolute atomic E-state index is 13.0. The number of likely N-dealkylation sites (N-methyl/N-ethyl adjacent to an activating group) is 1. The highest BCUT2D eigenvalue weighted by molar-refractivity contribution is 7.93. The van der Waals surface area contributed by atoms with Crippen LogP contribution in [0, 0.1) is 6.92 Å². The number of anilines is 3. The molecule has 2 aromatic heterocycles. The van der Waals surface area contributed by atoms with E-state index < -0.39 is 9.84 Å². The Bertz CT molecular complexity index is 1130. The molecule has 0 saturated carbocycles. The smallest absolute Gasteiger partial charge is 0.217 e. The van der Waals surface area contributed by atoms with Crippen LogP contribution in [0.1, 0.15) is 12.7 Å². The summed E-state index contributed by atoms with van der Waals surface area (Å²) in [5, 5.41) is 6.76. The topological polar surface area (TPSA) is 109 Å². The minimum Gasteiger partial charge on any atom is -0.494 e. The Kier molecular flexibility index (Phi) is 7.42. The van der Waals surface area contributed by atoms with Crippen LogP contribution in [0.5, 0.6) is 5.75 Å². The molecule has 2 heterocycles. The maximum Gasteiger partial charge on any atom is 0.217 e. The monoisotopic (exact) mass is 462 g/mol. The van der Waals surface area contributed by atoms with Crippen molar-refractivity contribution in [2.24, 2.45) is 0 Å². The van der Waals surface area contributed by atoms with E-state index in [2.05, 4.69) is 30.5 Å². The molecular weight excluding hydrogens is 436 g/mol. The summed E-state index contributed by atoms with van der Waals surface area (Å²) in [5.41, 5.74) is 0. The number of sulfone groups is 1. The number of aromatic nitrogens is 3. The second kappa shape index (κ2) is 10.0. The standard InChI is InChI=1S/C20H26N6O3S2/c1-5-29-15-7-6-8-16(11-15)31(27,28)19-13-22-20(30-19)25-18-12-17(23-14(2)24-18)21-9-10-26(3)4/h6-8,11-13H,5,9-10H2,1-4H3,(H2,21,22,23,24,25). The van der Waals surface area contributed by atoms with Crippen molar-refractivity contribution in [3.8, 4) is 5.75 Å². The van der Waals surface area contributed by atoms with Gasteiger partial charge in [-0.3, -0.25) is 0 Å². The molecule has 0 unspecified atom stereocenters. The molecule has 2 N–H and O–H groups in total. The van der Waals surface area contributed by atoms with Crippen LogP contribution in [0.15, 0.2) is 45.6 Å². The van der Waals surface area contributed by atoms with Crippen molar-refractivity contribution >= 4 is 37.9 Å². The maximum atomic E-state index is 13.0. The number of aryl methyl sites for hydroxylation is 1. The molecule has 11 heteroatoms. The van der Waals surface area contributed by atoms with Crippen molar-refractivity contribution in [1.82, 2.24) is 19.9 Å². The van der Waals surface area contributed by atoms with E-state index in [1.165, 1.54) is 12.3 Å². The molecule has 3 rings (SSSR count). The Balaban J connectivity index is 1.77. The van der Waals surface area contributed by atoms with Crippen LogP contribution in [0.2, 0.25) is 0 Å². The molecular formula is C20H26N6O3S2. The zero-order chi connectivity index (χ0) is 22.4. The van der Waals surface area contributed by atoms with Gasteiger partial charge in [-0.05, 0) is 46.1 Å². The van der Waals surface area contributed by atoms with Gasteiger partial charge >= 0.3 is 0 Å². The molecule has 0 saturated heterocycles. The molecule has 3 aromatic rings. The highest BCUT2D eigenvalue weighted by atomic mass is 32.2. The average Bonchev–Trinajstić information content (AvgIpc) is 3.17. The van der Waals surface area contributed by atoms with E-state index in [1.807, 2.05) is 21.0 Å². The second-order valence-corrected chi connectivity index (χ2v) is 10.1. The van der Waals surface area contributed by atoms with Crippen molar-refractivity contribution in [3.63, 3.8) is 0 Å². The molecule has 1 aromatic carbocycles. The first kappa shape index (κ1) is 22.9. The van der Waals surface area contributed by atoms with Gasteiger partial charge in [0.15, 0.2) is 5.13 Å². The Hall–Kier alpha value is -2.76. The van der Waals surface area contributed by atoms with Gasteiger partial charge in [0.25, 0.3) is 0 Å². The minimum absolute atomic E-state index is 0.138. The molecule has 0 radical (unpaired) electrons. The van der Waals surface area contributed by atoms with E-state index in [0.29, 0.717) is 34.9 Å². The number of ether oxygens (including phenoxy) is 1. The van der Waals surface area contributed by atoms with Gasteiger partial charge in [0, 0.05) is 19.2 Å². The fraction of sp³-hybridized carbons (Fsp3) is 0.350. The van der Waals surface area contributed by atoms with E-state index in [9.17, 15) is 8.42 Å². The zero-order valence-corrected chi connectivity index (χ0v) is 19.5. The Morgan fingerprint density at radius 1 is 1.16 bits per heavy atom. The first-order valence-electron chi connectivity index (χ1n) is 9.73. The Morgan fingerprint density at radius 3 is 2.68 bits per heavy atom. The number of benzene rings is 1. The third-order valence-electron chi connectivity index (χ3n) is 4.11. The first-order chi connectivity index (χ1) is 14.8. The molecule has 0 spiro atoms. The number of nitrogens with one attached hydrogen (secondary N) is 2. The van der Waals surface area contributed by atoms with Crippen molar-refractivity contribution in [1.29, 1.82) is 0 Å². The molecule has 0 aliphatic carbocycles. The lowest BCUT2D eigenvalue weighted by Gasteiger charge is -2.12. The quantitative estimate of drug-likeness (QED) is 0.469. The van der Waals surface area contributed by atoms with E-state index in [-0.39, 0.29) is 9.10 Å². The zero-order valence-electron chi connectivity index (χ0n) is 17.9. The van der Waals surface area contributed by atoms with Crippen molar-refractivity contribution in [2.45, 2.75) is 23.0 Å². The normalized spacial score (nSPS) is 11.5. The molecule has 0 aliphatic rings. The van der Waals surface area contributed by atoms with Gasteiger partial charge < -0.3 is 20.3 Å². The predicted octanol–water partition coefficient (Wildman–Crippen LogP) is 3.19. The van der Waals surface area contributed by atoms with Gasteiger partial charge in [-0.15, -0.1) is 0 Å². The summed E-state index contributed by atoms with van der Waals surface area (Å²) in [6, 6.07) is 8.22. The van der Waals surface area contributed by atoms with Crippen molar-refractivity contribution < 1.29 is 13.2 Å². The summed E-state index contributed by atoms with van der Waals surface area (Å²) in [4.78, 5) is 15.2. The summed E-state index contributed by atoms with van der Waals surface area (Å²) in [5.74, 6) is 2.33. The molecule has 0 bridgehead atoms. The van der Waals surface area contributed by atoms with Crippen LogP contribution in [0.25, 0.3) is 0 Å². The van der Waals surface area contributed by atoms with Gasteiger partial charge in [0.1, 0.15) is 27.4 Å². The molecule has 0 aliphatic heterocycles. The third-order valence-corrected chi connectivity index (χ3v) is 7.24. The number of nitrogens with zero attached hydrogens (tertiary/aromatic N) is 4. The predicted molar refractivity (Wildman–Crippen MR) is 122 cm³/mol. The van der Waals surface area contributed by atoms with Crippen molar-refractivity contribution in [3.05, 3.63) is 42.4 Å². The van der Waals surface area contributed by atoms with Gasteiger partial charge in [0.2, 0.25) is 9.84 Å². The minimum atomic E-state index is -3.70. The lowest BCUT2D eigenvalue weighted by Crippen LogP contribution is -2.21. The molecule has 166 valence electrons. The van der Waals surface area contributed by atoms with Crippen LogP contribution in [0.3, 0.4) is 0 Å². The number of thiazole rings is 1. The van der Waals surface area contributed by atoms with E-state index >= 15 is 0 Å². The molecule has 31 heavy (non-hydrogen) atoms. The van der Waals surface area contributed by atoms with Gasteiger partial charge in [-0.25, -0.2) is 23.4 Å². The average molecular weight is 463 g/mol. The van der Waals surface area contributed by atoms with E-state index in [0.717, 1.165) is 24.4 Å². The number of hydrogen-bond acceptors (Lipinski definition) is 10. The molecule has 9 nitrogen and oxygen atoms in total. The number of hydrogen-bond donors (Lipinski definition) is 2. The highest BCUT2D eigenvalue weighted by Crippen LogP contribution is 2.31. The van der Waals surface area contributed by atoms with Crippen LogP contribution in [0.4, 0.5) is 16.8 Å². The van der Waals surface area contributed by atoms with Gasteiger partial charge in [0.05, 0.1) is 17.7 Å². The van der Waals surface area contributed by atoms with E-state index in [4.69, 9.17) is 4.74 Å². The van der Waals surface area contributed by atoms with Gasteiger partial charge in [-0.1, -0.05) is 17.4 Å². The van der Waals surface area contributed by atoms with Gasteiger partial charge in [-0.2, -0.15) is 0 Å². The fourth-order valence-electron chi connectivity index (χ4n) is 2.69. The van der Waals surface area contributed by atoms with Crippen LogP contribution in [-0.4, -0.2) is 62.1 Å². The summed E-state index contributed by atoms with van der Waals surface area (Å²) in [7, 11) is 0.301. The largest absolute Gasteiger partial charge is 0.494 e. The van der Waals surface area contributed by atoms with Crippen LogP contribution < -0.4 is 15.4 Å². The van der Waals surface area contributed by atoms with E-state index in [1.54, 1.807) is 31.2 Å². The van der Waals surface area contributed by atoms with Crippen LogP contribution >= 0.6 is 11.3 Å². The fourth-order valence-corrected chi connectivity index (χ4v) is 5.17.